The summed E-state index contributed by atoms with van der Waals surface area (Å²) in [6.45, 7) is 3.77. The molecule has 1 unspecified atom stereocenters. The summed E-state index contributed by atoms with van der Waals surface area (Å²) >= 11 is 0. The van der Waals surface area contributed by atoms with Gasteiger partial charge in [0.25, 0.3) is 0 Å². The van der Waals surface area contributed by atoms with E-state index in [0.717, 1.165) is 25.9 Å². The van der Waals surface area contributed by atoms with Gasteiger partial charge in [-0.1, -0.05) is 25.1 Å². The molecule has 1 fully saturated rings. The number of likely N-dealkylation sites (tertiary alicyclic amines) is 1. The number of piperidine rings is 1. The van der Waals surface area contributed by atoms with Crippen molar-refractivity contribution in [3.63, 3.8) is 0 Å². The predicted octanol–water partition coefficient (Wildman–Crippen LogP) is 2.66. The fourth-order valence-electron chi connectivity index (χ4n) is 2.62. The summed E-state index contributed by atoms with van der Waals surface area (Å²) in [5.41, 5.74) is 6.06. The van der Waals surface area contributed by atoms with Gasteiger partial charge >= 0.3 is 0 Å². The van der Waals surface area contributed by atoms with Gasteiger partial charge in [0.2, 0.25) is 0 Å². The van der Waals surface area contributed by atoms with Gasteiger partial charge in [-0.3, -0.25) is 0 Å². The lowest BCUT2D eigenvalue weighted by Crippen LogP contribution is -2.42. The maximum absolute atomic E-state index is 12.4. The molecular formula is C16H26IN3O2S. The van der Waals surface area contributed by atoms with Crippen LogP contribution >= 0.6 is 24.0 Å². The lowest BCUT2D eigenvalue weighted by molar-refractivity contribution is 0.337. The van der Waals surface area contributed by atoms with E-state index >= 15 is 0 Å². The van der Waals surface area contributed by atoms with Crippen LogP contribution in [-0.2, 0) is 9.84 Å². The third-order valence-electron chi connectivity index (χ3n) is 3.98. The smallest absolute Gasteiger partial charge is 0.191 e. The second kappa shape index (κ2) is 9.46. The summed E-state index contributed by atoms with van der Waals surface area (Å²) < 4.78 is 24.9. The molecule has 2 N–H and O–H groups in total. The molecule has 1 saturated heterocycles. The van der Waals surface area contributed by atoms with Gasteiger partial charge < -0.3 is 10.6 Å². The van der Waals surface area contributed by atoms with E-state index in [1.165, 1.54) is 6.42 Å². The lowest BCUT2D eigenvalue weighted by Gasteiger charge is -2.28. The van der Waals surface area contributed by atoms with Gasteiger partial charge in [-0.2, -0.15) is 0 Å². The number of nitrogens with two attached hydrogens (primary N) is 1. The summed E-state index contributed by atoms with van der Waals surface area (Å²) in [6, 6.07) is 8.23. The van der Waals surface area contributed by atoms with Crippen LogP contribution < -0.4 is 5.73 Å². The highest BCUT2D eigenvalue weighted by Gasteiger charge is 2.21. The molecule has 5 nitrogen and oxygen atoms in total. The Balaban J connectivity index is 0.00000264. The molecule has 0 spiro atoms. The molecular weight excluding hydrogens is 425 g/mol. The maximum Gasteiger partial charge on any atom is 0.191 e. The van der Waals surface area contributed by atoms with Crippen LogP contribution in [-0.4, -0.2) is 44.2 Å². The Bertz CT molecular complexity index is 599. The summed E-state index contributed by atoms with van der Waals surface area (Å²) in [4.78, 5) is 6.87. The Morgan fingerprint density at radius 1 is 1.22 bits per heavy atom. The van der Waals surface area contributed by atoms with Crippen molar-refractivity contribution in [2.75, 3.05) is 18.8 Å². The van der Waals surface area contributed by atoms with Crippen molar-refractivity contribution >= 4 is 39.8 Å². The molecule has 1 heterocycles. The minimum absolute atomic E-state index is 0. The Hall–Kier alpha value is -0.830. The van der Waals surface area contributed by atoms with Crippen molar-refractivity contribution in [3.05, 3.63) is 30.3 Å². The molecule has 1 aromatic rings. The highest BCUT2D eigenvalue weighted by atomic mass is 127. The summed E-state index contributed by atoms with van der Waals surface area (Å²) in [5.74, 6) is 0.483. The third kappa shape index (κ3) is 5.95. The fraction of sp³-hybridized carbons (Fsp3) is 0.562. The van der Waals surface area contributed by atoms with E-state index in [2.05, 4.69) is 9.89 Å². The number of hydrogen-bond acceptors (Lipinski definition) is 3. The first-order valence-electron chi connectivity index (χ1n) is 7.89. The maximum atomic E-state index is 12.4. The number of sulfone groups is 1. The molecule has 23 heavy (non-hydrogen) atoms. The van der Waals surface area contributed by atoms with Crippen molar-refractivity contribution in [1.29, 1.82) is 0 Å². The molecule has 0 amide bonds. The van der Waals surface area contributed by atoms with Gasteiger partial charge in [-0.15, -0.1) is 24.0 Å². The first-order valence-corrected chi connectivity index (χ1v) is 9.54. The topological polar surface area (TPSA) is 75.8 Å². The zero-order valence-corrected chi connectivity index (χ0v) is 16.7. The number of nitrogens with zero attached hydrogens (tertiary/aromatic N) is 2. The molecule has 0 radical (unpaired) electrons. The van der Waals surface area contributed by atoms with Crippen LogP contribution in [0.3, 0.4) is 0 Å². The molecule has 7 heteroatoms. The van der Waals surface area contributed by atoms with E-state index in [-0.39, 0.29) is 35.8 Å². The van der Waals surface area contributed by atoms with Gasteiger partial charge in [0.15, 0.2) is 15.8 Å². The van der Waals surface area contributed by atoms with E-state index in [0.29, 0.717) is 17.3 Å². The fourth-order valence-corrected chi connectivity index (χ4v) is 4.20. The second-order valence-electron chi connectivity index (χ2n) is 5.69. The van der Waals surface area contributed by atoms with Crippen LogP contribution in [0.2, 0.25) is 0 Å². The van der Waals surface area contributed by atoms with E-state index in [1.807, 2.05) is 13.0 Å². The second-order valence-corrected chi connectivity index (χ2v) is 7.73. The molecule has 0 bridgehead atoms. The normalized spacial score (nSPS) is 17.4. The number of halogens is 1. The van der Waals surface area contributed by atoms with Gasteiger partial charge in [0, 0.05) is 13.1 Å². The van der Waals surface area contributed by atoms with Crippen LogP contribution in [0, 0.1) is 0 Å². The largest absolute Gasteiger partial charge is 0.370 e. The monoisotopic (exact) mass is 451 g/mol. The summed E-state index contributed by atoms with van der Waals surface area (Å²) in [7, 11) is -3.33. The molecule has 1 aliphatic heterocycles. The molecule has 0 aliphatic carbocycles. The van der Waals surface area contributed by atoms with Gasteiger partial charge in [-0.25, -0.2) is 13.4 Å². The average molecular weight is 451 g/mol. The quantitative estimate of drug-likeness (QED) is 0.425. The first kappa shape index (κ1) is 20.2. The highest BCUT2D eigenvalue weighted by Crippen LogP contribution is 2.15. The predicted molar refractivity (Wildman–Crippen MR) is 105 cm³/mol. The highest BCUT2D eigenvalue weighted by molar-refractivity contribution is 14.0. The summed E-state index contributed by atoms with van der Waals surface area (Å²) in [6.07, 6.45) is 4.12. The molecule has 1 aromatic carbocycles. The van der Waals surface area contributed by atoms with E-state index in [4.69, 9.17) is 5.73 Å². The van der Waals surface area contributed by atoms with Crippen molar-refractivity contribution in [2.24, 2.45) is 10.7 Å². The lowest BCUT2D eigenvalue weighted by atomic mass is 10.1. The summed E-state index contributed by atoms with van der Waals surface area (Å²) in [5, 5.41) is 0. The molecule has 1 aliphatic rings. The Morgan fingerprint density at radius 2 is 1.83 bits per heavy atom. The molecule has 130 valence electrons. The van der Waals surface area contributed by atoms with Crippen LogP contribution in [0.15, 0.2) is 40.2 Å². The van der Waals surface area contributed by atoms with Crippen LogP contribution in [0.25, 0.3) is 0 Å². The van der Waals surface area contributed by atoms with Crippen LogP contribution in [0.5, 0.6) is 0 Å². The minimum Gasteiger partial charge on any atom is -0.370 e. The standard InChI is InChI=1S/C16H25N3O2S.HI/c1-2-14(18-16(17)19-11-7-4-8-12-19)13-22(20,21)15-9-5-3-6-10-15;/h3,5-6,9-10,14H,2,4,7-8,11-13H2,1H3,(H2,17,18);1H. The van der Waals surface area contributed by atoms with E-state index in [9.17, 15) is 8.42 Å². The number of guanidine groups is 1. The number of hydrogen-bond donors (Lipinski definition) is 1. The number of benzene rings is 1. The van der Waals surface area contributed by atoms with Gasteiger partial charge in [0.05, 0.1) is 16.7 Å². The van der Waals surface area contributed by atoms with Crippen LogP contribution in [0.1, 0.15) is 32.6 Å². The van der Waals surface area contributed by atoms with Crippen molar-refractivity contribution < 1.29 is 8.42 Å². The van der Waals surface area contributed by atoms with Crippen molar-refractivity contribution in [1.82, 2.24) is 4.90 Å². The first-order chi connectivity index (χ1) is 10.5. The Kier molecular flexibility index (Phi) is 8.32. The molecule has 1 atom stereocenters. The molecule has 2 rings (SSSR count). The Morgan fingerprint density at radius 3 is 2.39 bits per heavy atom. The SMILES string of the molecule is CCC(CS(=O)(=O)c1ccccc1)N=C(N)N1CCCCC1.I. The molecule has 0 aromatic heterocycles. The Labute approximate surface area is 156 Å². The van der Waals surface area contributed by atoms with E-state index < -0.39 is 9.84 Å². The molecule has 0 saturated carbocycles. The number of rotatable bonds is 5. The van der Waals surface area contributed by atoms with Crippen molar-refractivity contribution in [2.45, 2.75) is 43.5 Å². The van der Waals surface area contributed by atoms with Gasteiger partial charge in [-0.05, 0) is 37.8 Å². The number of aliphatic imine (C=N–C) groups is 1. The third-order valence-corrected chi connectivity index (χ3v) is 5.79. The zero-order valence-electron chi connectivity index (χ0n) is 13.5. The van der Waals surface area contributed by atoms with Gasteiger partial charge in [0.1, 0.15) is 0 Å². The van der Waals surface area contributed by atoms with Crippen molar-refractivity contribution in [3.8, 4) is 0 Å². The minimum atomic E-state index is -3.33. The van der Waals surface area contributed by atoms with Crippen LogP contribution in [0.4, 0.5) is 0 Å². The average Bonchev–Trinajstić information content (AvgIpc) is 2.55. The zero-order chi connectivity index (χ0) is 16.0. The van der Waals surface area contributed by atoms with E-state index in [1.54, 1.807) is 24.3 Å².